The number of hydrogen-bond donors (Lipinski definition) is 1. The number of ether oxygens (including phenoxy) is 1. The molecule has 17 heavy (non-hydrogen) atoms. The van der Waals surface area contributed by atoms with Crippen molar-refractivity contribution in [2.75, 3.05) is 13.7 Å². The van der Waals surface area contributed by atoms with Gasteiger partial charge < -0.3 is 10.1 Å². The molecule has 1 aromatic rings. The molecule has 0 aliphatic rings. The lowest BCUT2D eigenvalue weighted by molar-refractivity contribution is 0.0599. The number of methoxy groups -OCH3 is 1. The van der Waals surface area contributed by atoms with Gasteiger partial charge in [-0.1, -0.05) is 13.3 Å². The molecule has 5 heteroatoms. The van der Waals surface area contributed by atoms with Crippen LogP contribution in [0.15, 0.2) is 18.3 Å². The Morgan fingerprint density at radius 3 is 2.71 bits per heavy atom. The van der Waals surface area contributed by atoms with E-state index in [-0.39, 0.29) is 5.91 Å². The van der Waals surface area contributed by atoms with Gasteiger partial charge in [-0.25, -0.2) is 4.79 Å². The van der Waals surface area contributed by atoms with Crippen molar-refractivity contribution in [3.8, 4) is 0 Å². The third-order valence-electron chi connectivity index (χ3n) is 2.23. The van der Waals surface area contributed by atoms with Crippen LogP contribution in [-0.2, 0) is 4.74 Å². The third kappa shape index (κ3) is 3.86. The van der Waals surface area contributed by atoms with E-state index in [0.717, 1.165) is 12.8 Å². The van der Waals surface area contributed by atoms with E-state index in [1.807, 2.05) is 0 Å². The van der Waals surface area contributed by atoms with E-state index in [1.165, 1.54) is 25.4 Å². The fraction of sp³-hybridized carbons (Fsp3) is 0.417. The lowest BCUT2D eigenvalue weighted by Gasteiger charge is -2.04. The summed E-state index contributed by atoms with van der Waals surface area (Å²) in [6.07, 6.45) is 3.29. The Hall–Kier alpha value is -1.91. The van der Waals surface area contributed by atoms with Crippen LogP contribution in [0.5, 0.6) is 0 Å². The van der Waals surface area contributed by atoms with Crippen molar-refractivity contribution in [1.29, 1.82) is 0 Å². The molecule has 0 saturated carbocycles. The molecule has 0 aliphatic heterocycles. The molecule has 1 aromatic heterocycles. The second kappa shape index (κ2) is 6.62. The van der Waals surface area contributed by atoms with Gasteiger partial charge in [0.25, 0.3) is 5.91 Å². The highest BCUT2D eigenvalue weighted by Gasteiger charge is 2.09. The molecule has 1 N–H and O–H groups in total. The number of esters is 1. The molecule has 0 atom stereocenters. The summed E-state index contributed by atoms with van der Waals surface area (Å²) in [6.45, 7) is 2.69. The van der Waals surface area contributed by atoms with Crippen LogP contribution >= 0.6 is 0 Å². The number of rotatable bonds is 5. The summed E-state index contributed by atoms with van der Waals surface area (Å²) in [4.78, 5) is 26.6. The average molecular weight is 236 g/mol. The summed E-state index contributed by atoms with van der Waals surface area (Å²) in [7, 11) is 1.30. The molecule has 1 heterocycles. The highest BCUT2D eigenvalue weighted by Crippen LogP contribution is 2.02. The Morgan fingerprint density at radius 1 is 1.41 bits per heavy atom. The number of pyridine rings is 1. The van der Waals surface area contributed by atoms with Crippen molar-refractivity contribution in [3.63, 3.8) is 0 Å². The van der Waals surface area contributed by atoms with Crippen LogP contribution in [0.1, 0.15) is 40.6 Å². The van der Waals surface area contributed by atoms with E-state index in [2.05, 4.69) is 22.0 Å². The minimum Gasteiger partial charge on any atom is -0.465 e. The van der Waals surface area contributed by atoms with Gasteiger partial charge in [0.2, 0.25) is 0 Å². The van der Waals surface area contributed by atoms with Crippen molar-refractivity contribution in [2.45, 2.75) is 19.8 Å². The van der Waals surface area contributed by atoms with Gasteiger partial charge in [-0.15, -0.1) is 0 Å². The number of hydrogen-bond acceptors (Lipinski definition) is 4. The van der Waals surface area contributed by atoms with Crippen molar-refractivity contribution in [1.82, 2.24) is 10.3 Å². The quantitative estimate of drug-likeness (QED) is 0.619. The molecular weight excluding hydrogens is 220 g/mol. The first kappa shape index (κ1) is 13.2. The normalized spacial score (nSPS) is 9.76. The average Bonchev–Trinajstić information content (AvgIpc) is 2.38. The summed E-state index contributed by atoms with van der Waals surface area (Å²) in [5.41, 5.74) is 0.631. The summed E-state index contributed by atoms with van der Waals surface area (Å²) in [6, 6.07) is 3.03. The molecule has 0 saturated heterocycles. The van der Waals surface area contributed by atoms with Crippen molar-refractivity contribution < 1.29 is 14.3 Å². The number of carbonyl (C=O) groups excluding carboxylic acids is 2. The predicted octanol–water partition coefficient (Wildman–Crippen LogP) is 1.40. The smallest absolute Gasteiger partial charge is 0.339 e. The zero-order valence-corrected chi connectivity index (χ0v) is 10.0. The van der Waals surface area contributed by atoms with E-state index in [1.54, 1.807) is 0 Å². The Labute approximate surface area is 100 Å². The van der Waals surface area contributed by atoms with E-state index in [9.17, 15) is 9.59 Å². The van der Waals surface area contributed by atoms with E-state index in [4.69, 9.17) is 0 Å². The summed E-state index contributed by atoms with van der Waals surface area (Å²) in [5, 5.41) is 2.74. The molecule has 5 nitrogen and oxygen atoms in total. The maximum Gasteiger partial charge on any atom is 0.339 e. The summed E-state index contributed by atoms with van der Waals surface area (Å²) >= 11 is 0. The van der Waals surface area contributed by atoms with Crippen LogP contribution < -0.4 is 5.32 Å². The van der Waals surface area contributed by atoms with Crippen LogP contribution in [0.25, 0.3) is 0 Å². The van der Waals surface area contributed by atoms with Gasteiger partial charge in [0.05, 0.1) is 12.7 Å². The second-order valence-corrected chi connectivity index (χ2v) is 3.53. The van der Waals surface area contributed by atoms with Gasteiger partial charge in [0.1, 0.15) is 5.69 Å². The maximum atomic E-state index is 11.6. The van der Waals surface area contributed by atoms with Gasteiger partial charge in [-0.2, -0.15) is 0 Å². The topological polar surface area (TPSA) is 68.3 Å². The molecule has 0 bridgehead atoms. The third-order valence-corrected chi connectivity index (χ3v) is 2.23. The zero-order chi connectivity index (χ0) is 12.7. The summed E-state index contributed by atoms with van der Waals surface area (Å²) < 4.78 is 4.54. The molecule has 1 rings (SSSR count). The minimum atomic E-state index is -0.463. The largest absolute Gasteiger partial charge is 0.465 e. The van der Waals surface area contributed by atoms with Crippen LogP contribution in [-0.4, -0.2) is 30.5 Å². The highest BCUT2D eigenvalue weighted by atomic mass is 16.5. The van der Waals surface area contributed by atoms with E-state index < -0.39 is 5.97 Å². The number of nitrogens with one attached hydrogen (secondary N) is 1. The molecule has 0 fully saturated rings. The van der Waals surface area contributed by atoms with Gasteiger partial charge in [-0.05, 0) is 18.6 Å². The standard InChI is InChI=1S/C12H16N2O3/c1-3-4-7-13-11(15)10-6-5-9(8-14-10)12(16)17-2/h5-6,8H,3-4,7H2,1-2H3,(H,13,15). The van der Waals surface area contributed by atoms with Crippen LogP contribution in [0.3, 0.4) is 0 Å². The Kier molecular flexibility index (Phi) is 5.13. The van der Waals surface area contributed by atoms with Gasteiger partial charge in [-0.3, -0.25) is 9.78 Å². The number of nitrogens with zero attached hydrogens (tertiary/aromatic N) is 1. The number of amides is 1. The Morgan fingerprint density at radius 2 is 2.18 bits per heavy atom. The first-order chi connectivity index (χ1) is 8.19. The molecule has 0 spiro atoms. The second-order valence-electron chi connectivity index (χ2n) is 3.53. The molecule has 1 amide bonds. The molecule has 92 valence electrons. The number of unbranched alkanes of at least 4 members (excludes halogenated alkanes) is 1. The fourth-order valence-electron chi connectivity index (χ4n) is 1.24. The Bertz CT molecular complexity index is 387. The molecule has 0 radical (unpaired) electrons. The zero-order valence-electron chi connectivity index (χ0n) is 10.0. The SMILES string of the molecule is CCCCNC(=O)c1ccc(C(=O)OC)cn1. The Balaban J connectivity index is 2.61. The van der Waals surface area contributed by atoms with Crippen LogP contribution in [0.4, 0.5) is 0 Å². The summed E-state index contributed by atoms with van der Waals surface area (Å²) in [5.74, 6) is -0.690. The molecule has 0 unspecified atom stereocenters. The fourth-order valence-corrected chi connectivity index (χ4v) is 1.24. The van der Waals surface area contributed by atoms with Crippen molar-refractivity contribution in [3.05, 3.63) is 29.6 Å². The highest BCUT2D eigenvalue weighted by molar-refractivity contribution is 5.94. The first-order valence-corrected chi connectivity index (χ1v) is 5.51. The minimum absolute atomic E-state index is 0.227. The maximum absolute atomic E-state index is 11.6. The monoisotopic (exact) mass is 236 g/mol. The van der Waals surface area contributed by atoms with Crippen molar-refractivity contribution in [2.24, 2.45) is 0 Å². The first-order valence-electron chi connectivity index (χ1n) is 5.51. The van der Waals surface area contributed by atoms with Gasteiger partial charge >= 0.3 is 5.97 Å². The molecule has 0 aromatic carbocycles. The van der Waals surface area contributed by atoms with Crippen molar-refractivity contribution >= 4 is 11.9 Å². The van der Waals surface area contributed by atoms with Crippen LogP contribution in [0, 0.1) is 0 Å². The molecular formula is C12H16N2O3. The van der Waals surface area contributed by atoms with E-state index >= 15 is 0 Å². The lowest BCUT2D eigenvalue weighted by Crippen LogP contribution is -2.25. The van der Waals surface area contributed by atoms with Crippen LogP contribution in [0.2, 0.25) is 0 Å². The van der Waals surface area contributed by atoms with E-state index in [0.29, 0.717) is 17.8 Å². The van der Waals surface area contributed by atoms with Gasteiger partial charge in [0, 0.05) is 12.7 Å². The number of carbonyl (C=O) groups is 2. The van der Waals surface area contributed by atoms with Gasteiger partial charge in [0.15, 0.2) is 0 Å². The molecule has 0 aliphatic carbocycles. The lowest BCUT2D eigenvalue weighted by atomic mass is 10.2. The predicted molar refractivity (Wildman–Crippen MR) is 62.8 cm³/mol. The number of aromatic nitrogens is 1.